The molecule has 0 aromatic heterocycles. The van der Waals surface area contributed by atoms with Crippen molar-refractivity contribution in [3.05, 3.63) is 34.6 Å². The van der Waals surface area contributed by atoms with E-state index in [1.165, 1.54) is 5.56 Å². The Morgan fingerprint density at radius 2 is 1.47 bits per heavy atom. The lowest BCUT2D eigenvalue weighted by atomic mass is 9.90. The third-order valence-corrected chi connectivity index (χ3v) is 5.65. The summed E-state index contributed by atoms with van der Waals surface area (Å²) in [5.41, 5.74) is 4.00. The van der Waals surface area contributed by atoms with E-state index < -0.39 is 0 Å². The molecule has 106 valence electrons. The van der Waals surface area contributed by atoms with Crippen molar-refractivity contribution in [3.8, 4) is 0 Å². The molecule has 1 saturated carbocycles. The van der Waals surface area contributed by atoms with Gasteiger partial charge in [-0.25, -0.2) is 4.39 Å². The normalized spacial score (nSPS) is 22.3. The quantitative estimate of drug-likeness (QED) is 0.853. The molecule has 0 heterocycles. The molecule has 0 radical (unpaired) electrons. The SMILES string of the molecule is CNC(c1c(C)cc(F)cc1C)C1C(C)(C)C1(C)C. The molecule has 1 atom stereocenters. The van der Waals surface area contributed by atoms with Crippen molar-refractivity contribution in [1.29, 1.82) is 0 Å². The van der Waals surface area contributed by atoms with E-state index in [1.54, 1.807) is 12.1 Å². The van der Waals surface area contributed by atoms with Crippen molar-refractivity contribution in [3.63, 3.8) is 0 Å². The Morgan fingerprint density at radius 3 is 1.79 bits per heavy atom. The standard InChI is InChI=1S/C17H26FN/c1-10-8-12(18)9-11(2)13(10)14(19-7)15-16(3,4)17(15,5)6/h8-9,14-15,19H,1-7H3. The molecule has 2 heteroatoms. The zero-order chi connectivity index (χ0) is 14.6. The molecule has 1 aliphatic rings. The van der Waals surface area contributed by atoms with Crippen LogP contribution in [-0.4, -0.2) is 7.05 Å². The highest BCUT2D eigenvalue weighted by atomic mass is 19.1. The lowest BCUT2D eigenvalue weighted by Gasteiger charge is -2.23. The minimum absolute atomic E-state index is 0.136. The summed E-state index contributed by atoms with van der Waals surface area (Å²) in [7, 11) is 2.01. The van der Waals surface area contributed by atoms with Gasteiger partial charge in [-0.15, -0.1) is 0 Å². The van der Waals surface area contributed by atoms with E-state index >= 15 is 0 Å². The van der Waals surface area contributed by atoms with Crippen LogP contribution in [-0.2, 0) is 0 Å². The Morgan fingerprint density at radius 1 is 1.05 bits per heavy atom. The molecular weight excluding hydrogens is 237 g/mol. The van der Waals surface area contributed by atoms with Crippen LogP contribution in [0, 0.1) is 36.4 Å². The summed E-state index contributed by atoms with van der Waals surface area (Å²) in [6.07, 6.45) is 0. The molecular formula is C17H26FN. The monoisotopic (exact) mass is 263 g/mol. The molecule has 1 aromatic carbocycles. The van der Waals surface area contributed by atoms with E-state index in [0.29, 0.717) is 22.8 Å². The van der Waals surface area contributed by atoms with Gasteiger partial charge in [0.15, 0.2) is 0 Å². The zero-order valence-electron chi connectivity index (χ0n) is 13.2. The van der Waals surface area contributed by atoms with Gasteiger partial charge in [-0.3, -0.25) is 0 Å². The molecule has 0 saturated heterocycles. The Labute approximate surface area is 116 Å². The first-order valence-electron chi connectivity index (χ1n) is 7.08. The van der Waals surface area contributed by atoms with E-state index in [1.807, 2.05) is 20.9 Å². The maximum absolute atomic E-state index is 13.5. The van der Waals surface area contributed by atoms with E-state index in [0.717, 1.165) is 11.1 Å². The number of nitrogens with one attached hydrogen (secondary N) is 1. The topological polar surface area (TPSA) is 12.0 Å². The second-order valence-electron chi connectivity index (χ2n) is 7.14. The summed E-state index contributed by atoms with van der Waals surface area (Å²) in [4.78, 5) is 0. The average molecular weight is 263 g/mol. The van der Waals surface area contributed by atoms with Gasteiger partial charge in [0.2, 0.25) is 0 Å². The number of halogens is 1. The maximum atomic E-state index is 13.5. The molecule has 2 rings (SSSR count). The number of hydrogen-bond acceptors (Lipinski definition) is 1. The molecule has 0 bridgehead atoms. The lowest BCUT2D eigenvalue weighted by molar-refractivity contribution is 0.434. The fourth-order valence-corrected chi connectivity index (χ4v) is 3.97. The number of hydrogen-bond donors (Lipinski definition) is 1. The highest BCUT2D eigenvalue weighted by molar-refractivity contribution is 5.39. The fourth-order valence-electron chi connectivity index (χ4n) is 3.97. The Kier molecular flexibility index (Phi) is 3.29. The van der Waals surface area contributed by atoms with Gasteiger partial charge in [-0.1, -0.05) is 27.7 Å². The average Bonchev–Trinajstić information content (AvgIpc) is 2.64. The second kappa shape index (κ2) is 4.31. The second-order valence-corrected chi connectivity index (χ2v) is 7.14. The molecule has 1 nitrogen and oxygen atoms in total. The largest absolute Gasteiger partial charge is 0.313 e. The van der Waals surface area contributed by atoms with E-state index in [-0.39, 0.29) is 5.82 Å². The van der Waals surface area contributed by atoms with Crippen LogP contribution >= 0.6 is 0 Å². The smallest absolute Gasteiger partial charge is 0.123 e. The lowest BCUT2D eigenvalue weighted by Crippen LogP contribution is -2.23. The number of benzene rings is 1. The molecule has 0 aliphatic heterocycles. The van der Waals surface area contributed by atoms with Gasteiger partial charge >= 0.3 is 0 Å². The van der Waals surface area contributed by atoms with Crippen molar-refractivity contribution < 1.29 is 4.39 Å². The zero-order valence-corrected chi connectivity index (χ0v) is 13.2. The summed E-state index contributed by atoms with van der Waals surface area (Å²) >= 11 is 0. The highest BCUT2D eigenvalue weighted by Crippen LogP contribution is 2.72. The minimum Gasteiger partial charge on any atom is -0.313 e. The van der Waals surface area contributed by atoms with Crippen LogP contribution in [0.25, 0.3) is 0 Å². The van der Waals surface area contributed by atoms with Gasteiger partial charge in [-0.05, 0) is 66.5 Å². The van der Waals surface area contributed by atoms with E-state index in [4.69, 9.17) is 0 Å². The van der Waals surface area contributed by atoms with Gasteiger partial charge in [0.25, 0.3) is 0 Å². The molecule has 1 N–H and O–H groups in total. The van der Waals surface area contributed by atoms with Gasteiger partial charge in [0.1, 0.15) is 5.82 Å². The molecule has 0 amide bonds. The summed E-state index contributed by atoms with van der Waals surface area (Å²) < 4.78 is 13.5. The van der Waals surface area contributed by atoms with Crippen LogP contribution in [0.1, 0.15) is 50.4 Å². The summed E-state index contributed by atoms with van der Waals surface area (Å²) in [6.45, 7) is 13.3. The van der Waals surface area contributed by atoms with Crippen molar-refractivity contribution in [2.75, 3.05) is 7.05 Å². The Balaban J connectivity index is 2.46. The third kappa shape index (κ3) is 2.01. The number of aryl methyl sites for hydroxylation is 2. The molecule has 0 spiro atoms. The maximum Gasteiger partial charge on any atom is 0.123 e. The molecule has 1 unspecified atom stereocenters. The van der Waals surface area contributed by atoms with Crippen LogP contribution in [0.3, 0.4) is 0 Å². The molecule has 1 fully saturated rings. The van der Waals surface area contributed by atoms with Gasteiger partial charge < -0.3 is 5.32 Å². The first kappa shape index (κ1) is 14.5. The summed E-state index contributed by atoms with van der Waals surface area (Å²) in [6, 6.07) is 3.59. The molecule has 1 aliphatic carbocycles. The van der Waals surface area contributed by atoms with Gasteiger partial charge in [0, 0.05) is 6.04 Å². The van der Waals surface area contributed by atoms with Gasteiger partial charge in [-0.2, -0.15) is 0 Å². The molecule has 1 aromatic rings. The first-order valence-corrected chi connectivity index (χ1v) is 7.08. The Hall–Kier alpha value is -0.890. The van der Waals surface area contributed by atoms with Crippen LogP contribution in [0.5, 0.6) is 0 Å². The molecule has 19 heavy (non-hydrogen) atoms. The van der Waals surface area contributed by atoms with E-state index in [2.05, 4.69) is 33.0 Å². The van der Waals surface area contributed by atoms with Crippen molar-refractivity contribution >= 4 is 0 Å². The Bertz CT molecular complexity index is 465. The predicted molar refractivity (Wildman–Crippen MR) is 78.7 cm³/mol. The first-order chi connectivity index (χ1) is 8.64. The third-order valence-electron chi connectivity index (χ3n) is 5.65. The van der Waals surface area contributed by atoms with Crippen molar-refractivity contribution in [2.45, 2.75) is 47.6 Å². The van der Waals surface area contributed by atoms with Crippen LogP contribution in [0.4, 0.5) is 4.39 Å². The minimum atomic E-state index is -0.136. The van der Waals surface area contributed by atoms with Crippen molar-refractivity contribution in [2.24, 2.45) is 16.7 Å². The predicted octanol–water partition coefficient (Wildman–Crippen LogP) is 4.39. The van der Waals surface area contributed by atoms with Crippen LogP contribution in [0.2, 0.25) is 0 Å². The summed E-state index contributed by atoms with van der Waals surface area (Å²) in [5.74, 6) is 0.441. The van der Waals surface area contributed by atoms with Crippen LogP contribution in [0.15, 0.2) is 12.1 Å². The highest BCUT2D eigenvalue weighted by Gasteiger charge is 2.67. The number of rotatable bonds is 3. The van der Waals surface area contributed by atoms with Crippen LogP contribution < -0.4 is 5.32 Å². The van der Waals surface area contributed by atoms with Gasteiger partial charge in [0.05, 0.1) is 0 Å². The summed E-state index contributed by atoms with van der Waals surface area (Å²) in [5, 5.41) is 3.47. The van der Waals surface area contributed by atoms with E-state index in [9.17, 15) is 4.39 Å². The fraction of sp³-hybridized carbons (Fsp3) is 0.647. The van der Waals surface area contributed by atoms with Crippen molar-refractivity contribution in [1.82, 2.24) is 5.32 Å².